The predicted octanol–water partition coefficient (Wildman–Crippen LogP) is 1.66. The Morgan fingerprint density at radius 2 is 1.32 bits per heavy atom. The van der Waals surface area contributed by atoms with Crippen molar-refractivity contribution in [2.45, 2.75) is 52.7 Å². The molecule has 2 N–H and O–H groups in total. The van der Waals surface area contributed by atoms with E-state index in [2.05, 4.69) is 0 Å². The molecule has 0 aliphatic heterocycles. The van der Waals surface area contributed by atoms with E-state index in [0.717, 1.165) is 4.90 Å². The number of amides is 2. The molecule has 0 spiro atoms. The fraction of sp³-hybridized carbons (Fsp3) is 0.786. The average Bonchev–Trinajstić information content (AvgIpc) is 2.29. The Morgan fingerprint density at radius 1 is 0.909 bits per heavy atom. The molecule has 0 aromatic heterocycles. The quantitative estimate of drug-likeness (QED) is 0.620. The van der Waals surface area contributed by atoms with Crippen LogP contribution in [-0.2, 0) is 19.0 Å². The SMILES string of the molecule is CC(C)(C)OC(=O)N(CCOC(=O)CN)C(=O)OC(C)(C)C. The van der Waals surface area contributed by atoms with Crippen molar-refractivity contribution in [1.82, 2.24) is 4.90 Å². The van der Waals surface area contributed by atoms with Gasteiger partial charge < -0.3 is 19.9 Å². The molecule has 0 unspecified atom stereocenters. The molecule has 8 heteroatoms. The van der Waals surface area contributed by atoms with Crippen LogP contribution in [0.4, 0.5) is 9.59 Å². The third-order valence-corrected chi connectivity index (χ3v) is 1.97. The van der Waals surface area contributed by atoms with Crippen molar-refractivity contribution >= 4 is 18.2 Å². The van der Waals surface area contributed by atoms with Crippen LogP contribution >= 0.6 is 0 Å². The molecule has 0 saturated carbocycles. The zero-order valence-electron chi connectivity index (χ0n) is 14.1. The van der Waals surface area contributed by atoms with Crippen LogP contribution in [0, 0.1) is 0 Å². The number of carbonyl (C=O) groups excluding carboxylic acids is 3. The van der Waals surface area contributed by atoms with E-state index in [0.29, 0.717) is 0 Å². The number of rotatable bonds is 4. The molecular formula is C14H26N2O6. The highest BCUT2D eigenvalue weighted by Crippen LogP contribution is 2.14. The summed E-state index contributed by atoms with van der Waals surface area (Å²) in [6.07, 6.45) is -1.74. The van der Waals surface area contributed by atoms with Crippen LogP contribution in [0.5, 0.6) is 0 Å². The molecule has 0 saturated heterocycles. The Hall–Kier alpha value is -1.83. The number of carbonyl (C=O) groups is 3. The number of nitrogens with two attached hydrogens (primary N) is 1. The Kier molecular flexibility index (Phi) is 7.31. The lowest BCUT2D eigenvalue weighted by Gasteiger charge is -2.28. The minimum Gasteiger partial charge on any atom is -0.463 e. The molecule has 8 nitrogen and oxygen atoms in total. The normalized spacial score (nSPS) is 11.6. The third-order valence-electron chi connectivity index (χ3n) is 1.97. The molecule has 0 aliphatic carbocycles. The topological polar surface area (TPSA) is 108 Å². The number of esters is 1. The van der Waals surface area contributed by atoms with Gasteiger partial charge >= 0.3 is 18.2 Å². The van der Waals surface area contributed by atoms with E-state index in [1.54, 1.807) is 41.5 Å². The zero-order valence-corrected chi connectivity index (χ0v) is 14.1. The van der Waals surface area contributed by atoms with Gasteiger partial charge in [0, 0.05) is 0 Å². The van der Waals surface area contributed by atoms with E-state index >= 15 is 0 Å². The Bertz CT molecular complexity index is 381. The second-order valence-electron chi connectivity index (χ2n) is 6.54. The maximum Gasteiger partial charge on any atom is 0.419 e. The number of ether oxygens (including phenoxy) is 3. The van der Waals surface area contributed by atoms with Crippen molar-refractivity contribution in [2.24, 2.45) is 5.73 Å². The Balaban J connectivity index is 4.86. The van der Waals surface area contributed by atoms with Crippen LogP contribution in [0.1, 0.15) is 41.5 Å². The summed E-state index contributed by atoms with van der Waals surface area (Å²) in [4.78, 5) is 35.9. The van der Waals surface area contributed by atoms with Gasteiger partial charge in [-0.05, 0) is 41.5 Å². The van der Waals surface area contributed by atoms with Gasteiger partial charge in [0.05, 0.1) is 13.1 Å². The highest BCUT2D eigenvalue weighted by atomic mass is 16.6. The molecule has 0 atom stereocenters. The molecular weight excluding hydrogens is 292 g/mol. The van der Waals surface area contributed by atoms with Crippen LogP contribution in [0.15, 0.2) is 0 Å². The van der Waals surface area contributed by atoms with E-state index in [-0.39, 0.29) is 19.7 Å². The summed E-state index contributed by atoms with van der Waals surface area (Å²) >= 11 is 0. The van der Waals surface area contributed by atoms with Crippen LogP contribution < -0.4 is 5.73 Å². The van der Waals surface area contributed by atoms with Gasteiger partial charge in [0.1, 0.15) is 17.8 Å². The zero-order chi connectivity index (χ0) is 17.6. The molecule has 128 valence electrons. The van der Waals surface area contributed by atoms with Crippen molar-refractivity contribution in [3.63, 3.8) is 0 Å². The van der Waals surface area contributed by atoms with Gasteiger partial charge in [0.15, 0.2) is 0 Å². The number of hydrogen-bond donors (Lipinski definition) is 1. The predicted molar refractivity (Wildman–Crippen MR) is 79.2 cm³/mol. The highest BCUT2D eigenvalue weighted by Gasteiger charge is 2.31. The largest absolute Gasteiger partial charge is 0.463 e. The lowest BCUT2D eigenvalue weighted by atomic mass is 10.2. The fourth-order valence-electron chi connectivity index (χ4n) is 1.20. The van der Waals surface area contributed by atoms with Gasteiger partial charge in [0.2, 0.25) is 0 Å². The molecule has 0 heterocycles. The van der Waals surface area contributed by atoms with Crippen LogP contribution in [-0.4, -0.2) is 54.0 Å². The lowest BCUT2D eigenvalue weighted by molar-refractivity contribution is -0.142. The van der Waals surface area contributed by atoms with E-state index < -0.39 is 29.4 Å². The molecule has 22 heavy (non-hydrogen) atoms. The molecule has 0 rings (SSSR count). The van der Waals surface area contributed by atoms with Gasteiger partial charge in [0.25, 0.3) is 0 Å². The molecule has 0 aromatic carbocycles. The summed E-state index contributed by atoms with van der Waals surface area (Å²) in [7, 11) is 0. The monoisotopic (exact) mass is 318 g/mol. The van der Waals surface area contributed by atoms with Gasteiger partial charge in [-0.25, -0.2) is 14.5 Å². The minimum atomic E-state index is -0.870. The van der Waals surface area contributed by atoms with E-state index in [9.17, 15) is 14.4 Å². The molecule has 0 radical (unpaired) electrons. The molecule has 2 amide bonds. The smallest absolute Gasteiger partial charge is 0.419 e. The summed E-state index contributed by atoms with van der Waals surface area (Å²) in [6, 6.07) is 0. The Labute approximate surface area is 130 Å². The van der Waals surface area contributed by atoms with Gasteiger partial charge in [-0.2, -0.15) is 0 Å². The first-order chi connectivity index (χ1) is 9.85. The maximum atomic E-state index is 12.1. The van der Waals surface area contributed by atoms with Gasteiger partial charge in [-0.3, -0.25) is 4.79 Å². The first-order valence-electron chi connectivity index (χ1n) is 6.95. The van der Waals surface area contributed by atoms with Crippen molar-refractivity contribution in [2.75, 3.05) is 19.7 Å². The van der Waals surface area contributed by atoms with Crippen molar-refractivity contribution < 1.29 is 28.6 Å². The van der Waals surface area contributed by atoms with Crippen LogP contribution in [0.2, 0.25) is 0 Å². The standard InChI is InChI=1S/C14H26N2O6/c1-13(2,3)21-11(18)16(7-8-20-10(17)9-15)12(19)22-14(4,5)6/h7-9,15H2,1-6H3. The lowest BCUT2D eigenvalue weighted by Crippen LogP contribution is -2.45. The van der Waals surface area contributed by atoms with Gasteiger partial charge in [-0.1, -0.05) is 0 Å². The summed E-state index contributed by atoms with van der Waals surface area (Å²) in [6.45, 7) is 9.39. The number of imide groups is 1. The maximum absolute atomic E-state index is 12.1. The van der Waals surface area contributed by atoms with E-state index in [1.165, 1.54) is 0 Å². The molecule has 0 fully saturated rings. The van der Waals surface area contributed by atoms with Gasteiger partial charge in [-0.15, -0.1) is 0 Å². The first-order valence-corrected chi connectivity index (χ1v) is 6.95. The summed E-state index contributed by atoms with van der Waals surface area (Å²) in [5, 5.41) is 0. The van der Waals surface area contributed by atoms with Crippen molar-refractivity contribution in [1.29, 1.82) is 0 Å². The van der Waals surface area contributed by atoms with Crippen LogP contribution in [0.3, 0.4) is 0 Å². The Morgan fingerprint density at radius 3 is 1.64 bits per heavy atom. The molecule has 0 aromatic rings. The van der Waals surface area contributed by atoms with Crippen molar-refractivity contribution in [3.05, 3.63) is 0 Å². The summed E-state index contributed by atoms with van der Waals surface area (Å²) in [5.41, 5.74) is 3.56. The summed E-state index contributed by atoms with van der Waals surface area (Å²) < 4.78 is 15.0. The van der Waals surface area contributed by atoms with Crippen molar-refractivity contribution in [3.8, 4) is 0 Å². The molecule has 0 aliphatic rings. The summed E-state index contributed by atoms with van der Waals surface area (Å²) in [5.74, 6) is -0.631. The van der Waals surface area contributed by atoms with E-state index in [4.69, 9.17) is 19.9 Å². The highest BCUT2D eigenvalue weighted by molar-refractivity contribution is 5.88. The number of nitrogens with zero attached hydrogens (tertiary/aromatic N) is 1. The fourth-order valence-corrected chi connectivity index (χ4v) is 1.20. The average molecular weight is 318 g/mol. The van der Waals surface area contributed by atoms with E-state index in [1.807, 2.05) is 0 Å². The third kappa shape index (κ3) is 9.17. The number of hydrogen-bond acceptors (Lipinski definition) is 7. The van der Waals surface area contributed by atoms with Crippen LogP contribution in [0.25, 0.3) is 0 Å². The second-order valence-corrected chi connectivity index (χ2v) is 6.54. The molecule has 0 bridgehead atoms. The second kappa shape index (κ2) is 7.98. The first kappa shape index (κ1) is 20.2. The minimum absolute atomic E-state index is 0.185.